The summed E-state index contributed by atoms with van der Waals surface area (Å²) >= 11 is 13.1. The number of rotatable bonds is 8. The Labute approximate surface area is 167 Å². The second-order valence-electron chi connectivity index (χ2n) is 5.96. The van der Waals surface area contributed by atoms with Crippen LogP contribution in [-0.2, 0) is 14.4 Å². The second kappa shape index (κ2) is 10.2. The number of amides is 2. The normalized spacial score (nSPS) is 16.8. The van der Waals surface area contributed by atoms with Crippen LogP contribution in [0.2, 0.25) is 10.0 Å². The van der Waals surface area contributed by atoms with Crippen LogP contribution in [0.4, 0.5) is 5.69 Å². The lowest BCUT2D eigenvalue weighted by molar-refractivity contribution is -0.126. The van der Waals surface area contributed by atoms with Crippen LogP contribution in [0.25, 0.3) is 0 Å². The van der Waals surface area contributed by atoms with Gasteiger partial charge in [0.15, 0.2) is 0 Å². The van der Waals surface area contributed by atoms with Gasteiger partial charge in [0.25, 0.3) is 0 Å². The molecule has 0 aliphatic carbocycles. The Hall–Kier alpha value is -1.28. The van der Waals surface area contributed by atoms with Crippen molar-refractivity contribution in [3.63, 3.8) is 0 Å². The Morgan fingerprint density at radius 1 is 1.27 bits per heavy atom. The van der Waals surface area contributed by atoms with Crippen molar-refractivity contribution in [3.8, 4) is 0 Å². The van der Waals surface area contributed by atoms with E-state index < -0.39 is 6.04 Å². The summed E-state index contributed by atoms with van der Waals surface area (Å²) in [5.41, 5.74) is 0.468. The first-order chi connectivity index (χ1) is 12.4. The highest BCUT2D eigenvalue weighted by atomic mass is 35.5. The molecule has 0 unspecified atom stereocenters. The molecule has 0 bridgehead atoms. The van der Waals surface area contributed by atoms with E-state index in [0.717, 1.165) is 12.2 Å². The van der Waals surface area contributed by atoms with Crippen LogP contribution in [-0.4, -0.2) is 53.3 Å². The number of halogens is 2. The Morgan fingerprint density at radius 2 is 2.00 bits per heavy atom. The molecule has 0 spiro atoms. The van der Waals surface area contributed by atoms with E-state index >= 15 is 0 Å². The molecule has 9 heteroatoms. The number of hydrogen-bond donors (Lipinski definition) is 2. The van der Waals surface area contributed by atoms with Gasteiger partial charge in [0, 0.05) is 10.8 Å². The molecule has 1 aliphatic rings. The summed E-state index contributed by atoms with van der Waals surface area (Å²) in [6.07, 6.45) is 1.44. The van der Waals surface area contributed by atoms with Crippen LogP contribution >= 0.6 is 35.0 Å². The largest absolute Gasteiger partial charge is 0.344 e. The summed E-state index contributed by atoms with van der Waals surface area (Å²) in [5.74, 6) is 0.201. The first kappa shape index (κ1) is 21.0. The van der Waals surface area contributed by atoms with E-state index in [2.05, 4.69) is 10.6 Å². The third kappa shape index (κ3) is 6.46. The van der Waals surface area contributed by atoms with E-state index in [1.54, 1.807) is 23.1 Å². The molecule has 0 radical (unpaired) electrons. The Bertz CT molecular complexity index is 687. The van der Waals surface area contributed by atoms with E-state index in [9.17, 15) is 14.4 Å². The predicted octanol–water partition coefficient (Wildman–Crippen LogP) is 2.79. The second-order valence-corrected chi connectivity index (χ2v) is 7.90. The molecule has 1 aromatic rings. The molecular formula is C17H21Cl2N3O3S. The number of anilines is 1. The van der Waals surface area contributed by atoms with E-state index in [1.165, 1.54) is 11.8 Å². The van der Waals surface area contributed by atoms with Crippen molar-refractivity contribution < 1.29 is 14.4 Å². The lowest BCUT2D eigenvalue weighted by Gasteiger charge is -2.21. The summed E-state index contributed by atoms with van der Waals surface area (Å²) in [5, 5.41) is 6.29. The number of benzene rings is 1. The number of nitrogens with zero attached hydrogens (tertiary/aromatic N) is 1. The number of nitrogens with one attached hydrogen (secondary N) is 2. The molecule has 1 aromatic carbocycles. The topological polar surface area (TPSA) is 78.5 Å². The SMILES string of the molecule is CCCN(CC(=O)Nc1ccc(Cl)cc1Cl)CC(=O)N[C@@H]1CCSC1=O. The predicted molar refractivity (Wildman–Crippen MR) is 106 cm³/mol. The van der Waals surface area contributed by atoms with E-state index in [4.69, 9.17) is 23.2 Å². The maximum absolute atomic E-state index is 12.3. The molecule has 2 N–H and O–H groups in total. The van der Waals surface area contributed by atoms with Crippen molar-refractivity contribution in [1.29, 1.82) is 0 Å². The van der Waals surface area contributed by atoms with Gasteiger partial charge in [-0.25, -0.2) is 0 Å². The molecule has 0 aromatic heterocycles. The van der Waals surface area contributed by atoms with E-state index in [0.29, 0.717) is 28.7 Å². The molecule has 2 amide bonds. The monoisotopic (exact) mass is 417 g/mol. The van der Waals surface area contributed by atoms with E-state index in [-0.39, 0.29) is 30.0 Å². The van der Waals surface area contributed by atoms with Crippen LogP contribution in [0.15, 0.2) is 18.2 Å². The fourth-order valence-electron chi connectivity index (χ4n) is 2.58. The molecule has 1 atom stereocenters. The highest BCUT2D eigenvalue weighted by Crippen LogP contribution is 2.25. The number of carbonyl (C=O) groups is 3. The molecule has 1 saturated heterocycles. The van der Waals surface area contributed by atoms with Crippen LogP contribution in [0, 0.1) is 0 Å². The lowest BCUT2D eigenvalue weighted by atomic mass is 10.2. The van der Waals surface area contributed by atoms with E-state index in [1.807, 2.05) is 6.92 Å². The standard InChI is InChI=1S/C17H21Cl2N3O3S/c1-2-6-22(10-16(24)21-14-5-7-26-17(14)25)9-15(23)20-13-4-3-11(18)8-12(13)19/h3-4,8,14H,2,5-7,9-10H2,1H3,(H,20,23)(H,21,24)/t14-/m1/s1. The first-order valence-electron chi connectivity index (χ1n) is 8.32. The highest BCUT2D eigenvalue weighted by Gasteiger charge is 2.27. The molecular weight excluding hydrogens is 397 g/mol. The number of hydrogen-bond acceptors (Lipinski definition) is 5. The summed E-state index contributed by atoms with van der Waals surface area (Å²) in [6.45, 7) is 2.66. The minimum absolute atomic E-state index is 0.00415. The lowest BCUT2D eigenvalue weighted by Crippen LogP contribution is -2.45. The molecule has 2 rings (SSSR count). The van der Waals surface area contributed by atoms with Crippen molar-refractivity contribution >= 4 is 57.6 Å². The van der Waals surface area contributed by atoms with Gasteiger partial charge in [-0.3, -0.25) is 19.3 Å². The zero-order valence-electron chi connectivity index (χ0n) is 14.4. The molecule has 0 saturated carbocycles. The molecule has 1 heterocycles. The molecule has 1 aliphatic heterocycles. The van der Waals surface area contributed by atoms with Gasteiger partial charge in [-0.05, 0) is 37.6 Å². The summed E-state index contributed by atoms with van der Waals surface area (Å²) in [7, 11) is 0. The van der Waals surface area contributed by atoms with Crippen molar-refractivity contribution in [1.82, 2.24) is 10.2 Å². The average Bonchev–Trinajstić information content (AvgIpc) is 2.95. The quantitative estimate of drug-likeness (QED) is 0.679. The molecule has 6 nitrogen and oxygen atoms in total. The Kier molecular flexibility index (Phi) is 8.21. The molecule has 1 fully saturated rings. The van der Waals surface area contributed by atoms with Gasteiger partial charge in [-0.1, -0.05) is 41.9 Å². The van der Waals surface area contributed by atoms with Gasteiger partial charge in [-0.15, -0.1) is 0 Å². The zero-order valence-corrected chi connectivity index (χ0v) is 16.7. The summed E-state index contributed by atoms with van der Waals surface area (Å²) in [4.78, 5) is 37.8. The third-order valence-electron chi connectivity index (χ3n) is 3.75. The molecule has 142 valence electrons. The van der Waals surface area contributed by atoms with Gasteiger partial charge in [0.05, 0.1) is 29.8 Å². The fourth-order valence-corrected chi connectivity index (χ4v) is 3.97. The molecule has 26 heavy (non-hydrogen) atoms. The highest BCUT2D eigenvalue weighted by molar-refractivity contribution is 8.14. The summed E-state index contributed by atoms with van der Waals surface area (Å²) in [6, 6.07) is 4.39. The third-order valence-corrected chi connectivity index (χ3v) is 5.31. The van der Waals surface area contributed by atoms with Crippen molar-refractivity contribution in [3.05, 3.63) is 28.2 Å². The van der Waals surface area contributed by atoms with Gasteiger partial charge in [0.1, 0.15) is 0 Å². The van der Waals surface area contributed by atoms with Crippen LogP contribution in [0.5, 0.6) is 0 Å². The van der Waals surface area contributed by atoms with Crippen molar-refractivity contribution in [2.24, 2.45) is 0 Å². The van der Waals surface area contributed by atoms with Crippen molar-refractivity contribution in [2.45, 2.75) is 25.8 Å². The number of carbonyl (C=O) groups excluding carboxylic acids is 3. The Balaban J connectivity index is 1.88. The smallest absolute Gasteiger partial charge is 0.238 e. The average molecular weight is 418 g/mol. The van der Waals surface area contributed by atoms with Gasteiger partial charge >= 0.3 is 0 Å². The minimum Gasteiger partial charge on any atom is -0.344 e. The number of thioether (sulfide) groups is 1. The van der Waals surface area contributed by atoms with Crippen LogP contribution in [0.3, 0.4) is 0 Å². The van der Waals surface area contributed by atoms with Gasteiger partial charge < -0.3 is 10.6 Å². The maximum Gasteiger partial charge on any atom is 0.238 e. The van der Waals surface area contributed by atoms with Crippen molar-refractivity contribution in [2.75, 3.05) is 30.7 Å². The summed E-state index contributed by atoms with van der Waals surface area (Å²) < 4.78 is 0. The first-order valence-corrected chi connectivity index (χ1v) is 10.1. The minimum atomic E-state index is -0.419. The zero-order chi connectivity index (χ0) is 19.1. The van der Waals surface area contributed by atoms with Gasteiger partial charge in [0.2, 0.25) is 16.9 Å². The van der Waals surface area contributed by atoms with Crippen LogP contribution in [0.1, 0.15) is 19.8 Å². The Morgan fingerprint density at radius 3 is 2.62 bits per heavy atom. The van der Waals surface area contributed by atoms with Crippen LogP contribution < -0.4 is 10.6 Å². The maximum atomic E-state index is 12.3. The van der Waals surface area contributed by atoms with Gasteiger partial charge in [-0.2, -0.15) is 0 Å². The fraction of sp³-hybridized carbons (Fsp3) is 0.471.